The molecule has 9 heteroatoms. The number of benzene rings is 3. The highest BCUT2D eigenvalue weighted by Gasteiger charge is 2.10. The highest BCUT2D eigenvalue weighted by molar-refractivity contribution is 7.85. The molecule has 3 aromatic rings. The minimum atomic E-state index is -4.54. The van der Waals surface area contributed by atoms with Crippen LogP contribution in [0.4, 0.5) is 11.4 Å². The lowest BCUT2D eigenvalue weighted by Gasteiger charge is -2.10. The summed E-state index contributed by atoms with van der Waals surface area (Å²) < 4.78 is 33.2. The van der Waals surface area contributed by atoms with Crippen molar-refractivity contribution in [1.82, 2.24) is 0 Å². The van der Waals surface area contributed by atoms with E-state index in [-0.39, 0.29) is 16.1 Å². The Kier molecular flexibility index (Phi) is 4.41. The van der Waals surface area contributed by atoms with E-state index in [9.17, 15) is 27.9 Å². The predicted molar refractivity (Wildman–Crippen MR) is 93.0 cm³/mol. The van der Waals surface area contributed by atoms with Crippen LogP contribution in [-0.2, 0) is 10.1 Å². The Morgan fingerprint density at radius 1 is 0.923 bits per heavy atom. The van der Waals surface area contributed by atoms with Gasteiger partial charge in [-0.3, -0.25) is 14.9 Å². The lowest BCUT2D eigenvalue weighted by Crippen LogP contribution is -2.11. The third-order valence-corrected chi connectivity index (χ3v) is 4.53. The maximum Gasteiger partial charge on any atom is 0.269 e. The molecule has 1 amide bonds. The monoisotopic (exact) mass is 371 g/mol. The van der Waals surface area contributed by atoms with Crippen LogP contribution < -0.4 is 5.32 Å². The summed E-state index contributed by atoms with van der Waals surface area (Å²) in [4.78, 5) is 22.0. The van der Waals surface area contributed by atoms with Crippen molar-refractivity contribution >= 4 is 38.2 Å². The Morgan fingerprint density at radius 2 is 1.54 bits per heavy atom. The first-order valence-electron chi connectivity index (χ1n) is 7.29. The number of rotatable bonds is 4. The van der Waals surface area contributed by atoms with Gasteiger partial charge in [-0.1, -0.05) is 12.1 Å². The Bertz CT molecular complexity index is 1120. The van der Waals surface area contributed by atoms with Crippen LogP contribution in [0.2, 0.25) is 0 Å². The molecule has 132 valence electrons. The Labute approximate surface area is 148 Å². The molecule has 1 N–H and O–H groups in total. The molecule has 0 aliphatic heterocycles. The van der Waals surface area contributed by atoms with E-state index in [1.165, 1.54) is 42.5 Å². The van der Waals surface area contributed by atoms with Gasteiger partial charge >= 0.3 is 0 Å². The molecule has 0 fully saturated rings. The Hall–Kier alpha value is -3.30. The molecule has 0 bridgehead atoms. The number of carbonyl (C=O) groups excluding carboxylic acids is 1. The zero-order chi connectivity index (χ0) is 18.9. The van der Waals surface area contributed by atoms with E-state index in [0.717, 1.165) is 0 Å². The topological polar surface area (TPSA) is 129 Å². The summed E-state index contributed by atoms with van der Waals surface area (Å²) in [5.74, 6) is -0.446. The molecule has 0 aliphatic rings. The fourth-order valence-corrected chi connectivity index (χ4v) is 2.90. The molecule has 8 nitrogen and oxygen atoms in total. The number of nitro benzene ring substituents is 1. The SMILES string of the molecule is O=C(Nc1ccc2cc(S(=O)(=O)[O-])ccc2c1)c1ccc([N+](=O)[O-])cc1. The molecule has 0 saturated heterocycles. The number of anilines is 1. The van der Waals surface area contributed by atoms with Crippen LogP contribution in [-0.4, -0.2) is 23.8 Å². The Morgan fingerprint density at radius 3 is 2.15 bits per heavy atom. The summed E-state index contributed by atoms with van der Waals surface area (Å²) in [5, 5.41) is 14.5. The summed E-state index contributed by atoms with van der Waals surface area (Å²) in [5.41, 5.74) is 0.596. The van der Waals surface area contributed by atoms with Gasteiger partial charge in [0.15, 0.2) is 0 Å². The maximum absolute atomic E-state index is 12.2. The number of non-ortho nitro benzene ring substituents is 1. The van der Waals surface area contributed by atoms with Gasteiger partial charge in [0.1, 0.15) is 10.1 Å². The van der Waals surface area contributed by atoms with E-state index in [2.05, 4.69) is 5.32 Å². The molecule has 0 unspecified atom stereocenters. The molecular weight excluding hydrogens is 360 g/mol. The predicted octanol–water partition coefficient (Wildman–Crippen LogP) is 2.90. The second-order valence-corrected chi connectivity index (χ2v) is 6.82. The number of nitrogens with one attached hydrogen (secondary N) is 1. The van der Waals surface area contributed by atoms with Gasteiger partial charge < -0.3 is 9.87 Å². The van der Waals surface area contributed by atoms with Gasteiger partial charge in [-0.2, -0.15) is 0 Å². The van der Waals surface area contributed by atoms with Gasteiger partial charge in [-0.05, 0) is 47.2 Å². The molecule has 3 aromatic carbocycles. The number of amides is 1. The molecule has 0 aromatic heterocycles. The fraction of sp³-hybridized carbons (Fsp3) is 0. The molecule has 0 aliphatic carbocycles. The van der Waals surface area contributed by atoms with Crippen LogP contribution in [0.3, 0.4) is 0 Å². The summed E-state index contributed by atoms with van der Waals surface area (Å²) in [6.07, 6.45) is 0. The minimum absolute atomic E-state index is 0.114. The van der Waals surface area contributed by atoms with Crippen molar-refractivity contribution in [1.29, 1.82) is 0 Å². The van der Waals surface area contributed by atoms with Crippen LogP contribution in [0.25, 0.3) is 10.8 Å². The second kappa shape index (κ2) is 6.54. The second-order valence-electron chi connectivity index (χ2n) is 5.44. The lowest BCUT2D eigenvalue weighted by atomic mass is 10.1. The van der Waals surface area contributed by atoms with E-state index in [0.29, 0.717) is 16.5 Å². The van der Waals surface area contributed by atoms with Crippen molar-refractivity contribution in [3.05, 3.63) is 76.3 Å². The zero-order valence-corrected chi connectivity index (χ0v) is 13.9. The number of hydrogen-bond donors (Lipinski definition) is 1. The van der Waals surface area contributed by atoms with Crippen molar-refractivity contribution in [2.45, 2.75) is 4.90 Å². The first-order valence-corrected chi connectivity index (χ1v) is 8.70. The number of nitrogens with zero attached hydrogens (tertiary/aromatic N) is 1. The molecule has 0 spiro atoms. The third-order valence-electron chi connectivity index (χ3n) is 3.70. The smallest absolute Gasteiger partial charge is 0.269 e. The van der Waals surface area contributed by atoms with Gasteiger partial charge in [-0.25, -0.2) is 8.42 Å². The van der Waals surface area contributed by atoms with E-state index in [1.807, 2.05) is 0 Å². The first kappa shape index (κ1) is 17.5. The van der Waals surface area contributed by atoms with E-state index in [4.69, 9.17) is 0 Å². The lowest BCUT2D eigenvalue weighted by molar-refractivity contribution is -0.384. The molecular formula is C17H11N2O6S-. The van der Waals surface area contributed by atoms with E-state index >= 15 is 0 Å². The van der Waals surface area contributed by atoms with Crippen molar-refractivity contribution in [2.75, 3.05) is 5.32 Å². The van der Waals surface area contributed by atoms with E-state index in [1.54, 1.807) is 18.2 Å². The van der Waals surface area contributed by atoms with E-state index < -0.39 is 20.9 Å². The quantitative estimate of drug-likeness (QED) is 0.426. The van der Waals surface area contributed by atoms with Crippen LogP contribution in [0.15, 0.2) is 65.6 Å². The highest BCUT2D eigenvalue weighted by Crippen LogP contribution is 2.23. The summed E-state index contributed by atoms with van der Waals surface area (Å²) >= 11 is 0. The molecule has 0 atom stereocenters. The number of hydrogen-bond acceptors (Lipinski definition) is 6. The van der Waals surface area contributed by atoms with Gasteiger partial charge in [0.05, 0.1) is 9.82 Å². The zero-order valence-electron chi connectivity index (χ0n) is 13.1. The Balaban J connectivity index is 1.84. The summed E-state index contributed by atoms with van der Waals surface area (Å²) in [7, 11) is -4.54. The summed E-state index contributed by atoms with van der Waals surface area (Å²) in [6.45, 7) is 0. The average Bonchev–Trinajstić information content (AvgIpc) is 2.60. The molecule has 3 rings (SSSR count). The fourth-order valence-electron chi connectivity index (χ4n) is 2.39. The van der Waals surface area contributed by atoms with Crippen molar-refractivity contribution in [2.24, 2.45) is 0 Å². The number of nitro groups is 1. The van der Waals surface area contributed by atoms with Crippen LogP contribution in [0, 0.1) is 10.1 Å². The average molecular weight is 371 g/mol. The van der Waals surface area contributed by atoms with Crippen molar-refractivity contribution < 1.29 is 22.7 Å². The van der Waals surface area contributed by atoms with Crippen LogP contribution in [0.1, 0.15) is 10.4 Å². The normalized spacial score (nSPS) is 11.3. The maximum atomic E-state index is 12.2. The van der Waals surface area contributed by atoms with Gasteiger partial charge in [0.25, 0.3) is 11.6 Å². The molecule has 0 radical (unpaired) electrons. The van der Waals surface area contributed by atoms with Crippen molar-refractivity contribution in [3.63, 3.8) is 0 Å². The van der Waals surface area contributed by atoms with Crippen LogP contribution in [0.5, 0.6) is 0 Å². The number of carbonyl (C=O) groups is 1. The minimum Gasteiger partial charge on any atom is -0.744 e. The first-order chi connectivity index (χ1) is 12.2. The highest BCUT2D eigenvalue weighted by atomic mass is 32.2. The molecule has 0 saturated carbocycles. The molecule has 0 heterocycles. The standard InChI is InChI=1S/C17H12N2O6S/c20-17(11-2-6-15(7-3-11)19(21)22)18-14-5-1-13-10-16(26(23,24)25)8-4-12(13)9-14/h1-10H,(H,18,20)(H,23,24,25)/p-1. The van der Waals surface area contributed by atoms with Crippen LogP contribution >= 0.6 is 0 Å². The largest absolute Gasteiger partial charge is 0.744 e. The molecule has 26 heavy (non-hydrogen) atoms. The number of fused-ring (bicyclic) bond motifs is 1. The van der Waals surface area contributed by atoms with Gasteiger partial charge in [-0.15, -0.1) is 0 Å². The van der Waals surface area contributed by atoms with Gasteiger partial charge in [0.2, 0.25) is 0 Å². The van der Waals surface area contributed by atoms with Crippen molar-refractivity contribution in [3.8, 4) is 0 Å². The third kappa shape index (κ3) is 3.68. The van der Waals surface area contributed by atoms with Gasteiger partial charge in [0, 0.05) is 23.4 Å². The summed E-state index contributed by atoms with van der Waals surface area (Å²) in [6, 6.07) is 13.9.